The molecule has 3 aromatic rings. The van der Waals surface area contributed by atoms with E-state index in [1.807, 2.05) is 39.0 Å². The van der Waals surface area contributed by atoms with Crippen LogP contribution in [0.2, 0.25) is 5.02 Å². The molecule has 1 heterocycles. The van der Waals surface area contributed by atoms with Crippen molar-refractivity contribution in [2.75, 3.05) is 17.3 Å². The summed E-state index contributed by atoms with van der Waals surface area (Å²) >= 11 is 6.29. The number of anilines is 2. The van der Waals surface area contributed by atoms with Crippen LogP contribution < -0.4 is 15.0 Å². The fraction of sp³-hybridized carbons (Fsp3) is 0.154. The SMILES string of the molecule is COc1ccc(NC2=C(c3ccc(C)cc3C)C(=O)N(c3ccc(C)c(Cl)c3)C2=O)cc1. The average Bonchev–Trinajstić information content (AvgIpc) is 3.00. The Morgan fingerprint density at radius 1 is 0.844 bits per heavy atom. The summed E-state index contributed by atoms with van der Waals surface area (Å²) in [7, 11) is 1.59. The number of ether oxygens (including phenoxy) is 1. The van der Waals surface area contributed by atoms with E-state index in [0.29, 0.717) is 33.3 Å². The van der Waals surface area contributed by atoms with Crippen LogP contribution in [0.3, 0.4) is 0 Å². The standard InChI is InChI=1S/C26H23ClN2O3/c1-15-5-12-21(17(3)13-15)23-24(28-18-7-10-20(32-4)11-8-18)26(31)29(25(23)30)19-9-6-16(2)22(27)14-19/h5-14,28H,1-4H3. The van der Waals surface area contributed by atoms with E-state index < -0.39 is 11.8 Å². The van der Waals surface area contributed by atoms with E-state index in [4.69, 9.17) is 16.3 Å². The second kappa shape index (κ2) is 8.52. The quantitative estimate of drug-likeness (QED) is 0.513. The third-order valence-electron chi connectivity index (χ3n) is 5.51. The third kappa shape index (κ3) is 3.87. The van der Waals surface area contributed by atoms with E-state index in [-0.39, 0.29) is 5.70 Å². The Labute approximate surface area is 192 Å². The Balaban J connectivity index is 1.83. The number of carbonyl (C=O) groups is 2. The summed E-state index contributed by atoms with van der Waals surface area (Å²) in [5.41, 5.74) is 5.25. The summed E-state index contributed by atoms with van der Waals surface area (Å²) < 4.78 is 5.21. The number of nitrogens with zero attached hydrogens (tertiary/aromatic N) is 1. The van der Waals surface area contributed by atoms with E-state index >= 15 is 0 Å². The Bertz CT molecular complexity index is 1260. The number of halogens is 1. The maximum absolute atomic E-state index is 13.6. The van der Waals surface area contributed by atoms with Gasteiger partial charge >= 0.3 is 0 Å². The third-order valence-corrected chi connectivity index (χ3v) is 5.92. The van der Waals surface area contributed by atoms with Gasteiger partial charge in [0.25, 0.3) is 11.8 Å². The second-order valence-electron chi connectivity index (χ2n) is 7.80. The first kappa shape index (κ1) is 21.7. The zero-order chi connectivity index (χ0) is 23.0. The molecule has 0 spiro atoms. The van der Waals surface area contributed by atoms with E-state index in [1.54, 1.807) is 49.6 Å². The largest absolute Gasteiger partial charge is 0.497 e. The summed E-state index contributed by atoms with van der Waals surface area (Å²) in [5.74, 6) is -0.123. The molecule has 0 aromatic heterocycles. The van der Waals surface area contributed by atoms with E-state index in [0.717, 1.165) is 16.7 Å². The van der Waals surface area contributed by atoms with Crippen LogP contribution in [0.1, 0.15) is 22.3 Å². The minimum Gasteiger partial charge on any atom is -0.497 e. The molecule has 0 saturated carbocycles. The van der Waals surface area contributed by atoms with Crippen LogP contribution >= 0.6 is 11.6 Å². The van der Waals surface area contributed by atoms with Crippen molar-refractivity contribution in [3.8, 4) is 5.75 Å². The van der Waals surface area contributed by atoms with Gasteiger partial charge in [-0.25, -0.2) is 4.90 Å². The van der Waals surface area contributed by atoms with Crippen molar-refractivity contribution in [2.24, 2.45) is 0 Å². The van der Waals surface area contributed by atoms with Gasteiger partial charge in [0.15, 0.2) is 0 Å². The van der Waals surface area contributed by atoms with Gasteiger partial charge in [-0.2, -0.15) is 0 Å². The lowest BCUT2D eigenvalue weighted by Gasteiger charge is -2.16. The number of amides is 2. The van der Waals surface area contributed by atoms with Crippen LogP contribution in [-0.4, -0.2) is 18.9 Å². The molecule has 3 aromatic carbocycles. The van der Waals surface area contributed by atoms with Crippen molar-refractivity contribution >= 4 is 40.4 Å². The molecule has 0 fully saturated rings. The molecule has 0 atom stereocenters. The van der Waals surface area contributed by atoms with Crippen molar-refractivity contribution in [1.82, 2.24) is 0 Å². The average molecular weight is 447 g/mol. The van der Waals surface area contributed by atoms with E-state index in [9.17, 15) is 9.59 Å². The van der Waals surface area contributed by atoms with Gasteiger partial charge in [-0.15, -0.1) is 0 Å². The molecule has 32 heavy (non-hydrogen) atoms. The predicted molar refractivity (Wildman–Crippen MR) is 128 cm³/mol. The van der Waals surface area contributed by atoms with Crippen LogP contribution in [0.4, 0.5) is 11.4 Å². The number of hydrogen-bond acceptors (Lipinski definition) is 4. The number of carbonyl (C=O) groups excluding carboxylic acids is 2. The molecule has 5 nitrogen and oxygen atoms in total. The first-order valence-electron chi connectivity index (χ1n) is 10.2. The molecule has 0 bridgehead atoms. The van der Waals surface area contributed by atoms with Gasteiger partial charge in [-0.1, -0.05) is 41.4 Å². The van der Waals surface area contributed by atoms with Gasteiger partial charge < -0.3 is 10.1 Å². The number of nitrogens with one attached hydrogen (secondary N) is 1. The number of methoxy groups -OCH3 is 1. The minimum absolute atomic E-state index is 0.226. The molecule has 162 valence electrons. The fourth-order valence-electron chi connectivity index (χ4n) is 3.76. The molecule has 2 amide bonds. The highest BCUT2D eigenvalue weighted by atomic mass is 35.5. The van der Waals surface area contributed by atoms with Crippen molar-refractivity contribution in [3.05, 3.63) is 93.6 Å². The van der Waals surface area contributed by atoms with Crippen molar-refractivity contribution < 1.29 is 14.3 Å². The van der Waals surface area contributed by atoms with Crippen LogP contribution in [-0.2, 0) is 9.59 Å². The van der Waals surface area contributed by atoms with Crippen LogP contribution in [0, 0.1) is 20.8 Å². The number of hydrogen-bond donors (Lipinski definition) is 1. The highest BCUT2D eigenvalue weighted by Gasteiger charge is 2.40. The maximum atomic E-state index is 13.6. The van der Waals surface area contributed by atoms with E-state index in [2.05, 4.69) is 5.32 Å². The van der Waals surface area contributed by atoms with Gasteiger partial charge in [0, 0.05) is 10.7 Å². The zero-order valence-electron chi connectivity index (χ0n) is 18.3. The maximum Gasteiger partial charge on any atom is 0.282 e. The highest BCUT2D eigenvalue weighted by molar-refractivity contribution is 6.46. The zero-order valence-corrected chi connectivity index (χ0v) is 19.1. The van der Waals surface area contributed by atoms with Crippen LogP contribution in [0.25, 0.3) is 5.57 Å². The predicted octanol–water partition coefficient (Wildman–Crippen LogP) is 5.67. The Morgan fingerprint density at radius 3 is 2.19 bits per heavy atom. The first-order valence-corrected chi connectivity index (χ1v) is 10.6. The summed E-state index contributed by atoms with van der Waals surface area (Å²) in [6, 6.07) is 18.2. The Morgan fingerprint density at radius 2 is 1.56 bits per heavy atom. The summed E-state index contributed by atoms with van der Waals surface area (Å²) in [6.07, 6.45) is 0. The topological polar surface area (TPSA) is 58.6 Å². The molecule has 6 heteroatoms. The van der Waals surface area contributed by atoms with Crippen molar-refractivity contribution in [2.45, 2.75) is 20.8 Å². The lowest BCUT2D eigenvalue weighted by atomic mass is 9.97. The highest BCUT2D eigenvalue weighted by Crippen LogP contribution is 2.36. The molecule has 0 radical (unpaired) electrons. The molecular weight excluding hydrogens is 424 g/mol. The molecule has 0 saturated heterocycles. The Hall–Kier alpha value is -3.57. The number of aryl methyl sites for hydroxylation is 3. The minimum atomic E-state index is -0.430. The first-order chi connectivity index (χ1) is 15.3. The van der Waals surface area contributed by atoms with Gasteiger partial charge in [0.05, 0.1) is 18.4 Å². The Kier molecular flexibility index (Phi) is 5.76. The molecule has 0 unspecified atom stereocenters. The molecular formula is C26H23ClN2O3. The van der Waals surface area contributed by atoms with Gasteiger partial charge in [-0.3, -0.25) is 9.59 Å². The van der Waals surface area contributed by atoms with Crippen LogP contribution in [0.5, 0.6) is 5.75 Å². The number of rotatable bonds is 5. The summed E-state index contributed by atoms with van der Waals surface area (Å²) in [6.45, 7) is 5.79. The lowest BCUT2D eigenvalue weighted by Crippen LogP contribution is -2.32. The molecule has 4 rings (SSSR count). The number of imide groups is 1. The van der Waals surface area contributed by atoms with Gasteiger partial charge in [0.1, 0.15) is 11.4 Å². The smallest absolute Gasteiger partial charge is 0.282 e. The van der Waals surface area contributed by atoms with Crippen molar-refractivity contribution in [1.29, 1.82) is 0 Å². The second-order valence-corrected chi connectivity index (χ2v) is 8.21. The van der Waals surface area contributed by atoms with E-state index in [1.165, 1.54) is 4.90 Å². The molecule has 1 aliphatic rings. The number of benzene rings is 3. The lowest BCUT2D eigenvalue weighted by molar-refractivity contribution is -0.120. The summed E-state index contributed by atoms with van der Waals surface area (Å²) in [5, 5.41) is 3.66. The van der Waals surface area contributed by atoms with Crippen LogP contribution in [0.15, 0.2) is 66.4 Å². The van der Waals surface area contributed by atoms with Crippen molar-refractivity contribution in [3.63, 3.8) is 0 Å². The van der Waals surface area contributed by atoms with Gasteiger partial charge in [0.2, 0.25) is 0 Å². The molecule has 0 aliphatic carbocycles. The normalized spacial score (nSPS) is 13.7. The summed E-state index contributed by atoms with van der Waals surface area (Å²) in [4.78, 5) is 28.3. The van der Waals surface area contributed by atoms with Gasteiger partial charge in [-0.05, 0) is 73.9 Å². The molecule has 1 aliphatic heterocycles. The molecule has 1 N–H and O–H groups in total. The monoisotopic (exact) mass is 446 g/mol. The fourth-order valence-corrected chi connectivity index (χ4v) is 3.94.